The molecule has 2 amide bonds. The van der Waals surface area contributed by atoms with Gasteiger partial charge in [-0.2, -0.15) is 5.10 Å². The number of amides is 2. The van der Waals surface area contributed by atoms with Gasteiger partial charge in [-0.05, 0) is 26.2 Å². The highest BCUT2D eigenvalue weighted by molar-refractivity contribution is 5.87. The van der Waals surface area contributed by atoms with Crippen LogP contribution >= 0.6 is 0 Å². The first-order valence-electron chi connectivity index (χ1n) is 11.0. The molecule has 1 aliphatic heterocycles. The molecular formula is C21H42N4O3. The molecule has 1 heterocycles. The number of hydrazone groups is 1. The predicted octanol–water partition coefficient (Wildman–Crippen LogP) is 3.03. The van der Waals surface area contributed by atoms with Crippen molar-refractivity contribution < 1.29 is 14.7 Å². The molecule has 0 bridgehead atoms. The summed E-state index contributed by atoms with van der Waals surface area (Å²) in [6, 6.07) is -0.633. The molecule has 2 atom stereocenters. The van der Waals surface area contributed by atoms with E-state index in [1.165, 1.54) is 12.8 Å². The first-order valence-corrected chi connectivity index (χ1v) is 11.0. The molecule has 2 fully saturated rings. The zero-order valence-electron chi connectivity index (χ0n) is 18.8. The SMILES string of the molecule is CC.CCC.C[C@H](NC(=O)C1CCCCC1)C(O)C(=O)N/N=C1\CCCN1C. The van der Waals surface area contributed by atoms with E-state index in [1.54, 1.807) is 6.92 Å². The number of aliphatic hydroxyl groups excluding tert-OH is 1. The molecule has 164 valence electrons. The molecule has 0 spiro atoms. The minimum Gasteiger partial charge on any atom is -0.381 e. The molecule has 0 aromatic heterocycles. The molecule has 1 saturated heterocycles. The topological polar surface area (TPSA) is 94.0 Å². The lowest BCUT2D eigenvalue weighted by atomic mass is 9.88. The summed E-state index contributed by atoms with van der Waals surface area (Å²) in [5.41, 5.74) is 2.39. The smallest absolute Gasteiger partial charge is 0.271 e. The molecule has 2 rings (SSSR count). The second-order valence-corrected chi connectivity index (χ2v) is 7.31. The molecule has 3 N–H and O–H groups in total. The van der Waals surface area contributed by atoms with Crippen molar-refractivity contribution in [2.75, 3.05) is 13.6 Å². The van der Waals surface area contributed by atoms with Crippen molar-refractivity contribution >= 4 is 17.6 Å². The number of hydrogen-bond acceptors (Lipinski definition) is 4. The summed E-state index contributed by atoms with van der Waals surface area (Å²) in [4.78, 5) is 26.1. The van der Waals surface area contributed by atoms with Crippen LogP contribution in [0.3, 0.4) is 0 Å². The highest BCUT2D eigenvalue weighted by Gasteiger charge is 2.28. The second-order valence-electron chi connectivity index (χ2n) is 7.31. The maximum Gasteiger partial charge on any atom is 0.271 e. The van der Waals surface area contributed by atoms with E-state index < -0.39 is 18.1 Å². The van der Waals surface area contributed by atoms with Gasteiger partial charge in [0, 0.05) is 25.9 Å². The molecule has 0 aromatic rings. The van der Waals surface area contributed by atoms with Crippen LogP contribution < -0.4 is 10.7 Å². The zero-order chi connectivity index (χ0) is 21.5. The Morgan fingerprint density at radius 1 is 1.18 bits per heavy atom. The van der Waals surface area contributed by atoms with Crippen LogP contribution in [0.5, 0.6) is 0 Å². The summed E-state index contributed by atoms with van der Waals surface area (Å²) in [5, 5.41) is 16.9. The molecule has 1 unspecified atom stereocenters. The van der Waals surface area contributed by atoms with E-state index in [0.29, 0.717) is 0 Å². The summed E-state index contributed by atoms with van der Waals surface area (Å²) in [6.07, 6.45) is 6.88. The molecule has 0 aromatic carbocycles. The average molecular weight is 399 g/mol. The van der Waals surface area contributed by atoms with Gasteiger partial charge < -0.3 is 15.3 Å². The number of hydrogen-bond donors (Lipinski definition) is 3. The van der Waals surface area contributed by atoms with Crippen LogP contribution in [-0.2, 0) is 9.59 Å². The number of aliphatic hydroxyl groups is 1. The second kappa shape index (κ2) is 15.3. The summed E-state index contributed by atoms with van der Waals surface area (Å²) < 4.78 is 0. The van der Waals surface area contributed by atoms with Crippen LogP contribution in [0.25, 0.3) is 0 Å². The minimum atomic E-state index is -1.31. The Kier molecular flexibility index (Phi) is 14.4. The quantitative estimate of drug-likeness (QED) is 0.621. The van der Waals surface area contributed by atoms with Crippen LogP contribution in [0.2, 0.25) is 0 Å². The van der Waals surface area contributed by atoms with Crippen LogP contribution in [-0.4, -0.2) is 53.4 Å². The number of amidine groups is 1. The van der Waals surface area contributed by atoms with E-state index in [9.17, 15) is 14.7 Å². The Morgan fingerprint density at radius 2 is 1.75 bits per heavy atom. The Morgan fingerprint density at radius 3 is 2.25 bits per heavy atom. The minimum absolute atomic E-state index is 0.00819. The first-order chi connectivity index (χ1) is 13.4. The van der Waals surface area contributed by atoms with E-state index in [1.807, 2.05) is 25.8 Å². The highest BCUT2D eigenvalue weighted by atomic mass is 16.3. The van der Waals surface area contributed by atoms with Crippen molar-refractivity contribution in [2.45, 2.75) is 98.1 Å². The number of carbonyl (C=O) groups is 2. The van der Waals surface area contributed by atoms with Crippen molar-refractivity contribution in [1.29, 1.82) is 0 Å². The van der Waals surface area contributed by atoms with Crippen LogP contribution in [0.4, 0.5) is 0 Å². The number of nitrogens with one attached hydrogen (secondary N) is 2. The maximum absolute atomic E-state index is 12.2. The lowest BCUT2D eigenvalue weighted by Crippen LogP contribution is -2.49. The van der Waals surface area contributed by atoms with Gasteiger partial charge in [-0.1, -0.05) is 53.4 Å². The molecule has 1 aliphatic carbocycles. The molecule has 2 aliphatic rings. The highest BCUT2D eigenvalue weighted by Crippen LogP contribution is 2.23. The largest absolute Gasteiger partial charge is 0.381 e. The van der Waals surface area contributed by atoms with Crippen LogP contribution in [0, 0.1) is 5.92 Å². The summed E-state index contributed by atoms with van der Waals surface area (Å²) in [6.45, 7) is 10.8. The van der Waals surface area contributed by atoms with Gasteiger partial charge in [0.25, 0.3) is 5.91 Å². The standard InChI is InChI=1S/C16H28N4O3.C3H8.C2H6/c1-11(17-15(22)12-7-4-3-5-8-12)14(21)16(23)19-18-13-9-6-10-20(13)2;1-3-2;1-2/h11-12,14,21H,3-10H2,1-2H3,(H,17,22)(H,19,23);3H2,1-2H3;1-2H3/b18-13+;;/t11-,14?;;/m0../s1. The molecule has 28 heavy (non-hydrogen) atoms. The Labute approximate surface area is 171 Å². The third-order valence-electron chi connectivity index (χ3n) is 4.72. The molecule has 0 radical (unpaired) electrons. The lowest BCUT2D eigenvalue weighted by Gasteiger charge is -2.25. The molecule has 7 nitrogen and oxygen atoms in total. The Hall–Kier alpha value is -1.63. The predicted molar refractivity (Wildman–Crippen MR) is 115 cm³/mol. The third-order valence-corrected chi connectivity index (χ3v) is 4.72. The van der Waals surface area contributed by atoms with Crippen molar-refractivity contribution in [1.82, 2.24) is 15.6 Å². The van der Waals surface area contributed by atoms with Gasteiger partial charge >= 0.3 is 0 Å². The van der Waals surface area contributed by atoms with Crippen LogP contribution in [0.1, 0.15) is 86.0 Å². The number of rotatable bonds is 5. The van der Waals surface area contributed by atoms with E-state index in [0.717, 1.165) is 50.9 Å². The van der Waals surface area contributed by atoms with Crippen molar-refractivity contribution in [3.63, 3.8) is 0 Å². The number of nitrogens with zero attached hydrogens (tertiary/aromatic N) is 2. The Bertz CT molecular complexity index is 476. The van der Waals surface area contributed by atoms with Gasteiger partial charge in [-0.3, -0.25) is 9.59 Å². The number of likely N-dealkylation sites (tertiary alicyclic amines) is 1. The van der Waals surface area contributed by atoms with E-state index in [4.69, 9.17) is 0 Å². The molecule has 7 heteroatoms. The lowest BCUT2D eigenvalue weighted by molar-refractivity contribution is -0.133. The fourth-order valence-electron chi connectivity index (χ4n) is 3.13. The fourth-order valence-corrected chi connectivity index (χ4v) is 3.13. The monoisotopic (exact) mass is 398 g/mol. The molecule has 1 saturated carbocycles. The van der Waals surface area contributed by atoms with Gasteiger partial charge in [-0.15, -0.1) is 0 Å². The van der Waals surface area contributed by atoms with E-state index in [-0.39, 0.29) is 11.8 Å². The van der Waals surface area contributed by atoms with Crippen LogP contribution in [0.15, 0.2) is 5.10 Å². The maximum atomic E-state index is 12.2. The average Bonchev–Trinajstić information content (AvgIpc) is 3.13. The normalized spacial score (nSPS) is 20.2. The Balaban J connectivity index is 0.00000133. The van der Waals surface area contributed by atoms with Crippen molar-refractivity contribution in [2.24, 2.45) is 11.0 Å². The van der Waals surface area contributed by atoms with Crippen molar-refractivity contribution in [3.8, 4) is 0 Å². The summed E-state index contributed by atoms with van der Waals surface area (Å²) >= 11 is 0. The first kappa shape index (κ1) is 26.4. The van der Waals surface area contributed by atoms with E-state index in [2.05, 4.69) is 29.7 Å². The van der Waals surface area contributed by atoms with Gasteiger partial charge in [0.2, 0.25) is 5.91 Å². The van der Waals surface area contributed by atoms with Crippen molar-refractivity contribution in [3.05, 3.63) is 0 Å². The van der Waals surface area contributed by atoms with Gasteiger partial charge in [0.15, 0.2) is 6.10 Å². The molecular weight excluding hydrogens is 356 g/mol. The van der Waals surface area contributed by atoms with Gasteiger partial charge in [0.1, 0.15) is 5.84 Å². The van der Waals surface area contributed by atoms with Gasteiger partial charge in [0.05, 0.1) is 6.04 Å². The zero-order valence-corrected chi connectivity index (χ0v) is 18.8. The fraction of sp³-hybridized carbons (Fsp3) is 0.857. The van der Waals surface area contributed by atoms with E-state index >= 15 is 0 Å². The third kappa shape index (κ3) is 9.53. The summed E-state index contributed by atoms with van der Waals surface area (Å²) in [5.74, 6) is 0.165. The number of carbonyl (C=O) groups excluding carboxylic acids is 2. The van der Waals surface area contributed by atoms with Gasteiger partial charge in [-0.25, -0.2) is 5.43 Å². The summed E-state index contributed by atoms with van der Waals surface area (Å²) in [7, 11) is 1.92.